The second-order valence-corrected chi connectivity index (χ2v) is 4.72. The molecule has 7 heteroatoms. The third-order valence-corrected chi connectivity index (χ3v) is 3.10. The molecule has 2 rings (SSSR count). The third kappa shape index (κ3) is 5.14. The van der Waals surface area contributed by atoms with Crippen LogP contribution in [0.1, 0.15) is 0 Å². The molecule has 0 saturated heterocycles. The molecule has 0 fully saturated rings. The number of alkyl halides is 2. The average molecular weight is 412 g/mol. The summed E-state index contributed by atoms with van der Waals surface area (Å²) in [6, 6.07) is 10.5. The number of benzene rings is 1. The third-order valence-electron chi connectivity index (χ3n) is 2.83. The maximum absolute atomic E-state index is 12.7. The first-order chi connectivity index (χ1) is 10.5. The number of ether oxygens (including phenoxy) is 1. The molecule has 3 nitrogen and oxygen atoms in total. The van der Waals surface area contributed by atoms with Crippen molar-refractivity contribution >= 4 is 11.6 Å². The van der Waals surface area contributed by atoms with Crippen LogP contribution in [-0.2, 0) is 39.3 Å². The van der Waals surface area contributed by atoms with Gasteiger partial charge in [-0.25, -0.2) is 8.78 Å². The van der Waals surface area contributed by atoms with Crippen molar-refractivity contribution < 1.29 is 46.2 Å². The SMILES string of the molecule is C#CCOc1ccc(-c2[c-]cc(Cl)c(=O)n2CC(F)F)cc1.[Y]. The second-order valence-electron chi connectivity index (χ2n) is 4.31. The predicted octanol–water partition coefficient (Wildman–Crippen LogP) is 3.24. The topological polar surface area (TPSA) is 31.2 Å². The van der Waals surface area contributed by atoms with Crippen LogP contribution in [-0.4, -0.2) is 17.6 Å². The molecule has 117 valence electrons. The van der Waals surface area contributed by atoms with Crippen LogP contribution in [0, 0.1) is 18.4 Å². The summed E-state index contributed by atoms with van der Waals surface area (Å²) in [6.45, 7) is -0.622. The molecule has 0 aliphatic heterocycles. The first-order valence-corrected chi connectivity index (χ1v) is 6.66. The minimum Gasteiger partial charge on any atom is -0.481 e. The number of aromatic nitrogens is 1. The normalized spacial score (nSPS) is 10.0. The molecule has 1 heterocycles. The van der Waals surface area contributed by atoms with Gasteiger partial charge < -0.3 is 9.30 Å². The summed E-state index contributed by atoms with van der Waals surface area (Å²) in [6.07, 6.45) is 2.41. The Morgan fingerprint density at radius 2 is 2.00 bits per heavy atom. The standard InChI is InChI=1S/C16H11ClF2NO2.Y/c1-2-9-22-12-5-3-11(4-6-12)14-8-7-13(17)16(21)20(14)10-15(18)19;/h1,3-7,15H,9-10H2;/q-1;. The van der Waals surface area contributed by atoms with E-state index in [0.29, 0.717) is 11.3 Å². The van der Waals surface area contributed by atoms with Crippen LogP contribution in [0.15, 0.2) is 35.1 Å². The van der Waals surface area contributed by atoms with Crippen molar-refractivity contribution in [2.24, 2.45) is 0 Å². The van der Waals surface area contributed by atoms with Crippen molar-refractivity contribution in [1.82, 2.24) is 4.57 Å². The Balaban J connectivity index is 0.00000264. The molecule has 0 bridgehead atoms. The van der Waals surface area contributed by atoms with Gasteiger partial charge in [0.1, 0.15) is 12.4 Å². The molecule has 0 aliphatic rings. The molecule has 2 aromatic rings. The van der Waals surface area contributed by atoms with Crippen molar-refractivity contribution in [3.8, 4) is 29.4 Å². The summed E-state index contributed by atoms with van der Waals surface area (Å²) >= 11 is 5.69. The van der Waals surface area contributed by atoms with Crippen LogP contribution >= 0.6 is 11.6 Å². The fourth-order valence-electron chi connectivity index (χ4n) is 1.89. The van der Waals surface area contributed by atoms with E-state index in [1.54, 1.807) is 24.3 Å². The number of halogens is 3. The Morgan fingerprint density at radius 1 is 1.35 bits per heavy atom. The van der Waals surface area contributed by atoms with Crippen LogP contribution in [0.5, 0.6) is 5.75 Å². The Morgan fingerprint density at radius 3 is 2.57 bits per heavy atom. The van der Waals surface area contributed by atoms with E-state index in [4.69, 9.17) is 22.8 Å². The van der Waals surface area contributed by atoms with E-state index in [0.717, 1.165) is 4.57 Å². The average Bonchev–Trinajstić information content (AvgIpc) is 2.50. The van der Waals surface area contributed by atoms with Crippen molar-refractivity contribution in [3.05, 3.63) is 51.8 Å². The molecule has 0 saturated carbocycles. The van der Waals surface area contributed by atoms with E-state index in [2.05, 4.69) is 12.0 Å². The van der Waals surface area contributed by atoms with Gasteiger partial charge in [-0.15, -0.1) is 18.6 Å². The van der Waals surface area contributed by atoms with Gasteiger partial charge in [-0.05, 0) is 12.1 Å². The van der Waals surface area contributed by atoms with Gasteiger partial charge in [-0.2, -0.15) is 23.7 Å². The monoisotopic (exact) mass is 411 g/mol. The fraction of sp³-hybridized carbons (Fsp3) is 0.188. The summed E-state index contributed by atoms with van der Waals surface area (Å²) in [5, 5.41) is -0.154. The van der Waals surface area contributed by atoms with Gasteiger partial charge in [-0.1, -0.05) is 17.2 Å². The molecule has 1 aromatic heterocycles. The van der Waals surface area contributed by atoms with Crippen LogP contribution in [0.2, 0.25) is 5.02 Å². The summed E-state index contributed by atoms with van der Waals surface area (Å²) in [7, 11) is 0. The number of hydrogen-bond donors (Lipinski definition) is 0. The van der Waals surface area contributed by atoms with Gasteiger partial charge in [-0.3, -0.25) is 4.79 Å². The summed E-state index contributed by atoms with van der Waals surface area (Å²) in [5.41, 5.74) is 0.101. The number of terminal acetylenes is 1. The molecule has 0 unspecified atom stereocenters. The Bertz CT molecular complexity index is 754. The van der Waals surface area contributed by atoms with Crippen molar-refractivity contribution in [1.29, 1.82) is 0 Å². The maximum Gasteiger partial charge on any atom is 0.256 e. The van der Waals surface area contributed by atoms with Crippen LogP contribution in [0.25, 0.3) is 11.3 Å². The number of pyridine rings is 1. The fourth-order valence-corrected chi connectivity index (χ4v) is 2.04. The van der Waals surface area contributed by atoms with Gasteiger partial charge in [0.05, 0.1) is 6.54 Å². The summed E-state index contributed by atoms with van der Waals surface area (Å²) < 4.78 is 31.5. The molecule has 0 spiro atoms. The van der Waals surface area contributed by atoms with Crippen molar-refractivity contribution in [2.45, 2.75) is 13.0 Å². The molecular weight excluding hydrogens is 401 g/mol. The zero-order chi connectivity index (χ0) is 16.1. The Labute approximate surface area is 162 Å². The van der Waals surface area contributed by atoms with Gasteiger partial charge in [0, 0.05) is 37.7 Å². The van der Waals surface area contributed by atoms with Gasteiger partial charge in [0.15, 0.2) is 0 Å². The molecule has 0 aliphatic carbocycles. The van der Waals surface area contributed by atoms with E-state index in [1.165, 1.54) is 6.07 Å². The zero-order valence-electron chi connectivity index (χ0n) is 11.9. The number of nitrogens with zero attached hydrogens (tertiary/aromatic N) is 1. The van der Waals surface area contributed by atoms with E-state index < -0.39 is 18.5 Å². The van der Waals surface area contributed by atoms with Gasteiger partial charge in [0.25, 0.3) is 6.43 Å². The minimum atomic E-state index is -2.68. The molecule has 0 atom stereocenters. The maximum atomic E-state index is 12.7. The predicted molar refractivity (Wildman–Crippen MR) is 80.3 cm³/mol. The number of rotatable bonds is 5. The second kappa shape index (κ2) is 9.17. The largest absolute Gasteiger partial charge is 0.481 e. The van der Waals surface area contributed by atoms with E-state index in [9.17, 15) is 13.6 Å². The van der Waals surface area contributed by atoms with E-state index >= 15 is 0 Å². The van der Waals surface area contributed by atoms with Crippen LogP contribution in [0.3, 0.4) is 0 Å². The van der Waals surface area contributed by atoms with Crippen molar-refractivity contribution in [3.63, 3.8) is 0 Å². The molecule has 23 heavy (non-hydrogen) atoms. The molecule has 1 radical (unpaired) electrons. The molecule has 0 amide bonds. The zero-order valence-corrected chi connectivity index (χ0v) is 15.5. The van der Waals surface area contributed by atoms with Crippen LogP contribution < -0.4 is 10.3 Å². The Hall–Kier alpha value is -1.22. The minimum absolute atomic E-state index is 0. The molecule has 1 aromatic carbocycles. The molecule has 0 N–H and O–H groups in total. The number of hydrogen-bond acceptors (Lipinski definition) is 2. The Kier molecular flexibility index (Phi) is 7.91. The summed E-state index contributed by atoms with van der Waals surface area (Å²) in [5.74, 6) is 2.88. The quantitative estimate of drug-likeness (QED) is 0.559. The first-order valence-electron chi connectivity index (χ1n) is 6.28. The van der Waals surface area contributed by atoms with Crippen molar-refractivity contribution in [2.75, 3.05) is 6.61 Å². The van der Waals surface area contributed by atoms with Gasteiger partial charge in [0.2, 0.25) is 5.56 Å². The van der Waals surface area contributed by atoms with E-state index in [-0.39, 0.29) is 50.0 Å². The first kappa shape index (κ1) is 19.8. The van der Waals surface area contributed by atoms with Gasteiger partial charge >= 0.3 is 0 Å². The summed E-state index contributed by atoms with van der Waals surface area (Å²) in [4.78, 5) is 11.9. The molecular formula is C16H11ClF2NO2Y-. The smallest absolute Gasteiger partial charge is 0.256 e. The van der Waals surface area contributed by atoms with E-state index in [1.807, 2.05) is 0 Å². The van der Waals surface area contributed by atoms with Crippen LogP contribution in [0.4, 0.5) is 8.78 Å².